The second-order valence-electron chi connectivity index (χ2n) is 6.99. The molecule has 1 fully saturated rings. The van der Waals surface area contributed by atoms with Crippen molar-refractivity contribution in [1.29, 1.82) is 0 Å². The molecule has 0 spiro atoms. The molecule has 1 amide bonds. The monoisotopic (exact) mass is 344 g/mol. The Balaban J connectivity index is 1.75. The van der Waals surface area contributed by atoms with Crippen LogP contribution in [-0.2, 0) is 6.42 Å². The fourth-order valence-electron chi connectivity index (χ4n) is 3.30. The highest BCUT2D eigenvalue weighted by atomic mass is 19.1. The summed E-state index contributed by atoms with van der Waals surface area (Å²) in [5, 5.41) is 10.8. The molecule has 1 aromatic heterocycles. The first-order valence-corrected chi connectivity index (χ1v) is 8.84. The number of halogens is 1. The number of hydrogen-bond donors (Lipinski definition) is 2. The molecule has 2 aromatic rings. The van der Waals surface area contributed by atoms with Crippen LogP contribution in [0, 0.1) is 11.2 Å². The van der Waals surface area contributed by atoms with Crippen LogP contribution in [0.5, 0.6) is 0 Å². The summed E-state index contributed by atoms with van der Waals surface area (Å²) in [7, 11) is 0. The van der Waals surface area contributed by atoms with Gasteiger partial charge in [-0.1, -0.05) is 13.8 Å². The van der Waals surface area contributed by atoms with Gasteiger partial charge in [-0.2, -0.15) is 5.10 Å². The van der Waals surface area contributed by atoms with E-state index in [0.29, 0.717) is 18.5 Å². The van der Waals surface area contributed by atoms with Crippen LogP contribution in [-0.4, -0.2) is 35.3 Å². The van der Waals surface area contributed by atoms with Crippen molar-refractivity contribution >= 4 is 5.91 Å². The van der Waals surface area contributed by atoms with Crippen molar-refractivity contribution in [2.75, 3.05) is 19.6 Å². The first-order chi connectivity index (χ1) is 12.0. The van der Waals surface area contributed by atoms with Crippen molar-refractivity contribution in [2.24, 2.45) is 5.41 Å². The number of hydrogen-bond acceptors (Lipinski definition) is 3. The lowest BCUT2D eigenvalue weighted by Crippen LogP contribution is -2.43. The average molecular weight is 344 g/mol. The topological polar surface area (TPSA) is 59.0 Å². The van der Waals surface area contributed by atoms with Gasteiger partial charge in [-0.25, -0.2) is 9.07 Å². The molecule has 2 N–H and O–H groups in total. The molecule has 0 atom stereocenters. The largest absolute Gasteiger partial charge is 0.351 e. The standard InChI is InChI=1S/C19H25FN4O/c1-3-17-16(12-23-24(17)15-6-4-14(20)5-7-15)18(25)22-13-19(2)8-10-21-11-9-19/h4-7,12,21H,3,8-11,13H2,1-2H3,(H,22,25). The van der Waals surface area contributed by atoms with Crippen LogP contribution < -0.4 is 10.6 Å². The average Bonchev–Trinajstić information content (AvgIpc) is 3.05. The van der Waals surface area contributed by atoms with Gasteiger partial charge in [-0.3, -0.25) is 4.79 Å². The van der Waals surface area contributed by atoms with Crippen LogP contribution in [0.4, 0.5) is 4.39 Å². The van der Waals surface area contributed by atoms with Gasteiger partial charge in [0.05, 0.1) is 23.1 Å². The second kappa shape index (κ2) is 7.35. The predicted octanol–water partition coefficient (Wildman–Crippen LogP) is 2.69. The maximum Gasteiger partial charge on any atom is 0.254 e. The zero-order chi connectivity index (χ0) is 17.9. The summed E-state index contributed by atoms with van der Waals surface area (Å²) < 4.78 is 14.8. The molecular weight excluding hydrogens is 319 g/mol. The number of carbonyl (C=O) groups is 1. The third kappa shape index (κ3) is 3.90. The van der Waals surface area contributed by atoms with Gasteiger partial charge in [-0.15, -0.1) is 0 Å². The van der Waals surface area contributed by atoms with Gasteiger partial charge in [0.1, 0.15) is 5.82 Å². The highest BCUT2D eigenvalue weighted by molar-refractivity contribution is 5.95. The Morgan fingerprint density at radius 3 is 2.64 bits per heavy atom. The third-order valence-electron chi connectivity index (χ3n) is 5.01. The zero-order valence-electron chi connectivity index (χ0n) is 14.8. The number of nitrogens with zero attached hydrogens (tertiary/aromatic N) is 2. The molecule has 0 saturated carbocycles. The lowest BCUT2D eigenvalue weighted by molar-refractivity contribution is 0.0921. The maximum atomic E-state index is 13.1. The van der Waals surface area contributed by atoms with Crippen LogP contribution in [0.1, 0.15) is 42.7 Å². The van der Waals surface area contributed by atoms with E-state index in [1.165, 1.54) is 12.1 Å². The molecule has 1 aliphatic rings. The Morgan fingerprint density at radius 2 is 2.00 bits per heavy atom. The van der Waals surface area contributed by atoms with Crippen molar-refractivity contribution in [3.8, 4) is 5.69 Å². The molecule has 1 aromatic carbocycles. The van der Waals surface area contributed by atoms with E-state index in [2.05, 4.69) is 22.7 Å². The number of carbonyl (C=O) groups excluding carboxylic acids is 1. The van der Waals surface area contributed by atoms with Gasteiger partial charge in [-0.05, 0) is 62.0 Å². The van der Waals surface area contributed by atoms with E-state index in [1.54, 1.807) is 23.0 Å². The molecule has 0 bridgehead atoms. The van der Waals surface area contributed by atoms with Gasteiger partial charge in [0.25, 0.3) is 5.91 Å². The number of nitrogens with one attached hydrogen (secondary N) is 2. The Kier molecular flexibility index (Phi) is 5.18. The highest BCUT2D eigenvalue weighted by Gasteiger charge is 2.28. The van der Waals surface area contributed by atoms with E-state index < -0.39 is 0 Å². The number of aromatic nitrogens is 2. The summed E-state index contributed by atoms with van der Waals surface area (Å²) in [5.41, 5.74) is 2.31. The molecule has 0 unspecified atom stereocenters. The lowest BCUT2D eigenvalue weighted by Gasteiger charge is -2.34. The minimum absolute atomic E-state index is 0.0926. The molecule has 1 saturated heterocycles. The summed E-state index contributed by atoms with van der Waals surface area (Å²) in [6, 6.07) is 6.13. The SMILES string of the molecule is CCc1c(C(=O)NCC2(C)CCNCC2)cnn1-c1ccc(F)cc1. The normalized spacial score (nSPS) is 16.6. The first-order valence-electron chi connectivity index (χ1n) is 8.84. The van der Waals surface area contributed by atoms with Crippen LogP contribution in [0.3, 0.4) is 0 Å². The van der Waals surface area contributed by atoms with Gasteiger partial charge >= 0.3 is 0 Å². The minimum Gasteiger partial charge on any atom is -0.351 e. The Bertz CT molecular complexity index is 732. The van der Waals surface area contributed by atoms with Crippen LogP contribution in [0.15, 0.2) is 30.5 Å². The zero-order valence-corrected chi connectivity index (χ0v) is 14.8. The molecule has 134 valence electrons. The summed E-state index contributed by atoms with van der Waals surface area (Å²) in [5.74, 6) is -0.382. The van der Waals surface area contributed by atoms with Crippen LogP contribution in [0.25, 0.3) is 5.69 Å². The number of amides is 1. The second-order valence-corrected chi connectivity index (χ2v) is 6.99. The molecule has 6 heteroatoms. The molecule has 0 radical (unpaired) electrons. The highest BCUT2D eigenvalue weighted by Crippen LogP contribution is 2.27. The number of benzene rings is 1. The van der Waals surface area contributed by atoms with E-state index in [4.69, 9.17) is 0 Å². The molecule has 5 nitrogen and oxygen atoms in total. The predicted molar refractivity (Wildman–Crippen MR) is 95.4 cm³/mol. The molecule has 2 heterocycles. The summed E-state index contributed by atoms with van der Waals surface area (Å²) in [6.07, 6.45) is 4.38. The first kappa shape index (κ1) is 17.6. The third-order valence-corrected chi connectivity index (χ3v) is 5.01. The van der Waals surface area contributed by atoms with Gasteiger partial charge in [0.2, 0.25) is 0 Å². The Labute approximate surface area is 147 Å². The number of rotatable bonds is 5. The maximum absolute atomic E-state index is 13.1. The van der Waals surface area contributed by atoms with E-state index in [9.17, 15) is 9.18 Å². The van der Waals surface area contributed by atoms with Gasteiger partial charge in [0.15, 0.2) is 0 Å². The van der Waals surface area contributed by atoms with Crippen molar-refractivity contribution in [2.45, 2.75) is 33.1 Å². The fourth-order valence-corrected chi connectivity index (χ4v) is 3.30. The molecule has 3 rings (SSSR count). The lowest BCUT2D eigenvalue weighted by atomic mass is 9.81. The Morgan fingerprint density at radius 1 is 1.32 bits per heavy atom. The van der Waals surface area contributed by atoms with Gasteiger partial charge < -0.3 is 10.6 Å². The van der Waals surface area contributed by atoms with Crippen LogP contribution >= 0.6 is 0 Å². The van der Waals surface area contributed by atoms with Crippen molar-refractivity contribution < 1.29 is 9.18 Å². The van der Waals surface area contributed by atoms with Crippen molar-refractivity contribution in [1.82, 2.24) is 20.4 Å². The van der Waals surface area contributed by atoms with Gasteiger partial charge in [0, 0.05) is 6.54 Å². The minimum atomic E-state index is -0.290. The van der Waals surface area contributed by atoms with E-state index >= 15 is 0 Å². The molecule has 25 heavy (non-hydrogen) atoms. The summed E-state index contributed by atoms with van der Waals surface area (Å²) in [4.78, 5) is 12.7. The van der Waals surface area contributed by atoms with E-state index in [0.717, 1.165) is 37.3 Å². The quantitative estimate of drug-likeness (QED) is 0.877. The fraction of sp³-hybridized carbons (Fsp3) is 0.474. The van der Waals surface area contributed by atoms with Crippen molar-refractivity contribution in [3.63, 3.8) is 0 Å². The van der Waals surface area contributed by atoms with E-state index in [-0.39, 0.29) is 17.1 Å². The van der Waals surface area contributed by atoms with Crippen LogP contribution in [0.2, 0.25) is 0 Å². The van der Waals surface area contributed by atoms with Crippen molar-refractivity contribution in [3.05, 3.63) is 47.5 Å². The number of piperidine rings is 1. The van der Waals surface area contributed by atoms with E-state index in [1.807, 2.05) is 6.92 Å². The molecule has 0 aliphatic carbocycles. The molecule has 1 aliphatic heterocycles. The summed E-state index contributed by atoms with van der Waals surface area (Å²) in [6.45, 7) is 6.86. The smallest absolute Gasteiger partial charge is 0.254 e. The summed E-state index contributed by atoms with van der Waals surface area (Å²) >= 11 is 0. The molecular formula is C19H25FN4O. The Hall–Kier alpha value is -2.21.